The normalized spacial score (nSPS) is 28.5. The molecule has 1 unspecified atom stereocenters. The van der Waals surface area contributed by atoms with Crippen molar-refractivity contribution in [1.29, 1.82) is 0 Å². The topological polar surface area (TPSA) is 60.0 Å². The van der Waals surface area contributed by atoms with Gasteiger partial charge in [0, 0.05) is 18.7 Å². The fourth-order valence-electron chi connectivity index (χ4n) is 3.49. The van der Waals surface area contributed by atoms with E-state index in [1.54, 1.807) is 18.2 Å². The van der Waals surface area contributed by atoms with Gasteiger partial charge >= 0.3 is 0 Å². The Labute approximate surface area is 129 Å². The molecule has 0 aromatic heterocycles. The zero-order chi connectivity index (χ0) is 14.9. The molecule has 22 heavy (non-hydrogen) atoms. The van der Waals surface area contributed by atoms with Gasteiger partial charge in [-0.15, -0.1) is 0 Å². The minimum atomic E-state index is -0.0589. The van der Waals surface area contributed by atoms with Crippen LogP contribution in [-0.4, -0.2) is 49.9 Å². The van der Waals surface area contributed by atoms with E-state index in [1.807, 2.05) is 0 Å². The minimum Gasteiger partial charge on any atom is -0.484 e. The van der Waals surface area contributed by atoms with Gasteiger partial charge in [-0.3, -0.25) is 4.79 Å². The zero-order valence-corrected chi connectivity index (χ0v) is 12.4. The number of carbonyl (C=O) groups excluding carboxylic acids is 1. The molecule has 4 aliphatic rings. The fourth-order valence-corrected chi connectivity index (χ4v) is 3.49. The van der Waals surface area contributed by atoms with Crippen molar-refractivity contribution in [2.75, 3.05) is 33.0 Å². The minimum absolute atomic E-state index is 0.0306. The number of benzene rings is 1. The molecular formula is C16H20N2O4. The Morgan fingerprint density at radius 2 is 2.09 bits per heavy atom. The van der Waals surface area contributed by atoms with Crippen LogP contribution >= 0.6 is 0 Å². The maximum atomic E-state index is 12.1. The fraction of sp³-hybridized carbons (Fsp3) is 0.562. The van der Waals surface area contributed by atoms with E-state index >= 15 is 0 Å². The Morgan fingerprint density at radius 3 is 2.86 bits per heavy atom. The first-order chi connectivity index (χ1) is 10.8. The van der Waals surface area contributed by atoms with Crippen molar-refractivity contribution in [1.82, 2.24) is 10.2 Å². The molecule has 3 saturated heterocycles. The summed E-state index contributed by atoms with van der Waals surface area (Å²) in [5.41, 5.74) is 0. The molecule has 118 valence electrons. The lowest BCUT2D eigenvalue weighted by Crippen LogP contribution is -2.57. The van der Waals surface area contributed by atoms with Gasteiger partial charge in [0.25, 0.3) is 5.91 Å². The van der Waals surface area contributed by atoms with Crippen LogP contribution in [0.15, 0.2) is 18.2 Å². The number of rotatable bonds is 4. The van der Waals surface area contributed by atoms with E-state index in [0.717, 1.165) is 6.54 Å². The molecule has 4 aliphatic heterocycles. The molecule has 6 heteroatoms. The second kappa shape index (κ2) is 5.68. The van der Waals surface area contributed by atoms with Gasteiger partial charge < -0.3 is 24.4 Å². The number of ether oxygens (including phenoxy) is 3. The van der Waals surface area contributed by atoms with Crippen LogP contribution in [0.25, 0.3) is 0 Å². The SMILES string of the molecule is O=C(COc1ccc2c(c1)OCO2)NC1CN2CCC1CC2. The Morgan fingerprint density at radius 1 is 1.27 bits per heavy atom. The van der Waals surface area contributed by atoms with Crippen molar-refractivity contribution in [2.45, 2.75) is 18.9 Å². The molecule has 0 saturated carbocycles. The lowest BCUT2D eigenvalue weighted by molar-refractivity contribution is -0.125. The third kappa shape index (κ3) is 2.70. The number of piperidine rings is 3. The lowest BCUT2D eigenvalue weighted by Gasteiger charge is -2.44. The monoisotopic (exact) mass is 304 g/mol. The number of nitrogens with zero attached hydrogens (tertiary/aromatic N) is 1. The Hall–Kier alpha value is -1.95. The second-order valence-corrected chi connectivity index (χ2v) is 6.12. The lowest BCUT2D eigenvalue weighted by atomic mass is 9.84. The Balaban J connectivity index is 1.29. The summed E-state index contributed by atoms with van der Waals surface area (Å²) in [5, 5.41) is 3.11. The maximum absolute atomic E-state index is 12.1. The molecule has 0 aliphatic carbocycles. The number of amides is 1. The first-order valence-corrected chi connectivity index (χ1v) is 7.82. The predicted molar refractivity (Wildman–Crippen MR) is 79.2 cm³/mol. The standard InChI is InChI=1S/C16H20N2O4/c19-16(17-13-8-18-5-3-11(13)4-6-18)9-20-12-1-2-14-15(7-12)22-10-21-14/h1-2,7,11,13H,3-6,8-10H2,(H,17,19). The van der Waals surface area contributed by atoms with E-state index < -0.39 is 0 Å². The number of hydrogen-bond acceptors (Lipinski definition) is 5. The van der Waals surface area contributed by atoms with E-state index in [4.69, 9.17) is 14.2 Å². The van der Waals surface area contributed by atoms with Gasteiger partial charge in [0.05, 0.1) is 0 Å². The summed E-state index contributed by atoms with van der Waals surface area (Å²) in [6, 6.07) is 5.61. The van der Waals surface area contributed by atoms with Gasteiger partial charge in [-0.05, 0) is 44.0 Å². The second-order valence-electron chi connectivity index (χ2n) is 6.12. The molecule has 5 rings (SSSR count). The smallest absolute Gasteiger partial charge is 0.258 e. The van der Waals surface area contributed by atoms with Crippen LogP contribution in [0.1, 0.15) is 12.8 Å². The molecule has 1 aromatic carbocycles. The summed E-state index contributed by atoms with van der Waals surface area (Å²) in [5.74, 6) is 2.56. The van der Waals surface area contributed by atoms with Crippen LogP contribution in [0.5, 0.6) is 17.2 Å². The third-order valence-corrected chi connectivity index (χ3v) is 4.72. The molecule has 1 N–H and O–H groups in total. The highest BCUT2D eigenvalue weighted by Crippen LogP contribution is 2.35. The predicted octanol–water partition coefficient (Wildman–Crippen LogP) is 1.00. The van der Waals surface area contributed by atoms with E-state index in [0.29, 0.717) is 23.2 Å². The summed E-state index contributed by atoms with van der Waals surface area (Å²) >= 11 is 0. The van der Waals surface area contributed by atoms with Gasteiger partial charge in [-0.25, -0.2) is 0 Å². The Kier molecular flexibility index (Phi) is 3.54. The molecule has 2 bridgehead atoms. The molecule has 1 atom stereocenters. The third-order valence-electron chi connectivity index (χ3n) is 4.72. The molecular weight excluding hydrogens is 284 g/mol. The van der Waals surface area contributed by atoms with Crippen molar-refractivity contribution in [3.05, 3.63) is 18.2 Å². The number of fused-ring (bicyclic) bond motifs is 4. The average molecular weight is 304 g/mol. The van der Waals surface area contributed by atoms with Crippen molar-refractivity contribution >= 4 is 5.91 Å². The van der Waals surface area contributed by atoms with E-state index in [-0.39, 0.29) is 25.3 Å². The molecule has 1 aromatic rings. The summed E-state index contributed by atoms with van der Waals surface area (Å²) in [4.78, 5) is 14.5. The maximum Gasteiger partial charge on any atom is 0.258 e. The van der Waals surface area contributed by atoms with Crippen LogP contribution in [0, 0.1) is 5.92 Å². The summed E-state index contributed by atoms with van der Waals surface area (Å²) in [6.45, 7) is 3.58. The number of hydrogen-bond donors (Lipinski definition) is 1. The first-order valence-electron chi connectivity index (χ1n) is 7.82. The quantitative estimate of drug-likeness (QED) is 0.899. The average Bonchev–Trinajstić information content (AvgIpc) is 3.02. The van der Waals surface area contributed by atoms with Gasteiger partial charge in [0.1, 0.15) is 5.75 Å². The van der Waals surface area contributed by atoms with Crippen molar-refractivity contribution in [2.24, 2.45) is 5.92 Å². The number of carbonyl (C=O) groups is 1. The van der Waals surface area contributed by atoms with Gasteiger partial charge in [0.2, 0.25) is 6.79 Å². The molecule has 6 nitrogen and oxygen atoms in total. The highest BCUT2D eigenvalue weighted by molar-refractivity contribution is 5.78. The van der Waals surface area contributed by atoms with Gasteiger partial charge in [0.15, 0.2) is 18.1 Å². The van der Waals surface area contributed by atoms with E-state index in [2.05, 4.69) is 10.2 Å². The zero-order valence-electron chi connectivity index (χ0n) is 12.4. The van der Waals surface area contributed by atoms with E-state index in [9.17, 15) is 4.79 Å². The molecule has 3 fully saturated rings. The van der Waals surface area contributed by atoms with Gasteiger partial charge in [-0.2, -0.15) is 0 Å². The van der Waals surface area contributed by atoms with Crippen LogP contribution in [0.4, 0.5) is 0 Å². The molecule has 0 spiro atoms. The first kappa shape index (κ1) is 13.7. The van der Waals surface area contributed by atoms with E-state index in [1.165, 1.54) is 25.9 Å². The Bertz CT molecular complexity index is 569. The molecule has 1 amide bonds. The van der Waals surface area contributed by atoms with Crippen LogP contribution in [-0.2, 0) is 4.79 Å². The molecule has 4 heterocycles. The van der Waals surface area contributed by atoms with Crippen molar-refractivity contribution in [3.63, 3.8) is 0 Å². The van der Waals surface area contributed by atoms with Crippen LogP contribution in [0.2, 0.25) is 0 Å². The van der Waals surface area contributed by atoms with Crippen molar-refractivity contribution in [3.8, 4) is 17.2 Å². The highest BCUT2D eigenvalue weighted by atomic mass is 16.7. The van der Waals surface area contributed by atoms with Crippen LogP contribution < -0.4 is 19.5 Å². The largest absolute Gasteiger partial charge is 0.484 e. The highest BCUT2D eigenvalue weighted by Gasteiger charge is 2.34. The van der Waals surface area contributed by atoms with Crippen molar-refractivity contribution < 1.29 is 19.0 Å². The summed E-state index contributed by atoms with van der Waals surface area (Å²) in [6.07, 6.45) is 2.38. The van der Waals surface area contributed by atoms with Crippen LogP contribution in [0.3, 0.4) is 0 Å². The van der Waals surface area contributed by atoms with Gasteiger partial charge in [-0.1, -0.05) is 0 Å². The number of nitrogens with one attached hydrogen (secondary N) is 1. The summed E-state index contributed by atoms with van der Waals surface area (Å²) in [7, 11) is 0. The molecule has 0 radical (unpaired) electrons. The summed E-state index contributed by atoms with van der Waals surface area (Å²) < 4.78 is 16.1.